The zero-order valence-electron chi connectivity index (χ0n) is 14.4. The highest BCUT2D eigenvalue weighted by molar-refractivity contribution is 5.94. The van der Waals surface area contributed by atoms with Crippen molar-refractivity contribution in [2.24, 2.45) is 0 Å². The van der Waals surface area contributed by atoms with Crippen molar-refractivity contribution in [1.29, 1.82) is 0 Å². The molecular weight excluding hydrogens is 304 g/mol. The van der Waals surface area contributed by atoms with Crippen LogP contribution < -0.4 is 10.2 Å². The molecule has 6 nitrogen and oxygen atoms in total. The number of nitrogens with zero attached hydrogens (tertiary/aromatic N) is 3. The molecule has 1 N–H and O–H groups in total. The van der Waals surface area contributed by atoms with Crippen LogP contribution in [0.2, 0.25) is 0 Å². The van der Waals surface area contributed by atoms with Crippen LogP contribution in [0.3, 0.4) is 0 Å². The number of methoxy groups -OCH3 is 1. The Hall–Kier alpha value is -2.47. The summed E-state index contributed by atoms with van der Waals surface area (Å²) in [4.78, 5) is 22.7. The van der Waals surface area contributed by atoms with Gasteiger partial charge >= 0.3 is 0 Å². The van der Waals surface area contributed by atoms with E-state index in [-0.39, 0.29) is 11.9 Å². The Balaban J connectivity index is 2.11. The molecule has 0 fully saturated rings. The third-order valence-electron chi connectivity index (χ3n) is 3.85. The molecule has 0 aromatic carbocycles. The maximum Gasteiger partial charge on any atom is 0.251 e. The molecule has 0 bridgehead atoms. The van der Waals surface area contributed by atoms with Gasteiger partial charge < -0.3 is 15.0 Å². The highest BCUT2D eigenvalue weighted by atomic mass is 16.5. The summed E-state index contributed by atoms with van der Waals surface area (Å²) >= 11 is 0. The van der Waals surface area contributed by atoms with Crippen LogP contribution in [-0.4, -0.2) is 43.2 Å². The topological polar surface area (TPSA) is 67.4 Å². The number of pyridine rings is 2. The van der Waals surface area contributed by atoms with E-state index in [1.165, 1.54) is 0 Å². The Kier molecular flexibility index (Phi) is 6.69. The average Bonchev–Trinajstić information content (AvgIpc) is 2.64. The van der Waals surface area contributed by atoms with Gasteiger partial charge in [0.15, 0.2) is 0 Å². The maximum absolute atomic E-state index is 12.4. The van der Waals surface area contributed by atoms with E-state index in [0.717, 1.165) is 24.3 Å². The van der Waals surface area contributed by atoms with E-state index in [2.05, 4.69) is 15.3 Å². The van der Waals surface area contributed by atoms with Gasteiger partial charge in [-0.05, 0) is 36.2 Å². The summed E-state index contributed by atoms with van der Waals surface area (Å²) < 4.78 is 5.10. The third kappa shape index (κ3) is 4.76. The second-order valence-electron chi connectivity index (χ2n) is 5.53. The molecule has 0 saturated carbocycles. The van der Waals surface area contributed by atoms with E-state index in [1.54, 1.807) is 37.8 Å². The van der Waals surface area contributed by atoms with Gasteiger partial charge in [-0.2, -0.15) is 0 Å². The van der Waals surface area contributed by atoms with E-state index in [9.17, 15) is 4.79 Å². The summed E-state index contributed by atoms with van der Waals surface area (Å²) in [6, 6.07) is 7.30. The number of ether oxygens (including phenoxy) is 1. The van der Waals surface area contributed by atoms with E-state index >= 15 is 0 Å². The number of carbonyl (C=O) groups excluding carboxylic acids is 1. The fourth-order valence-electron chi connectivity index (χ4n) is 2.37. The lowest BCUT2D eigenvalue weighted by molar-refractivity contribution is 0.0935. The Morgan fingerprint density at radius 1 is 1.29 bits per heavy atom. The lowest BCUT2D eigenvalue weighted by Gasteiger charge is -2.21. The van der Waals surface area contributed by atoms with Gasteiger partial charge in [0, 0.05) is 44.9 Å². The minimum atomic E-state index is -0.102. The van der Waals surface area contributed by atoms with Crippen LogP contribution in [-0.2, 0) is 4.74 Å². The smallest absolute Gasteiger partial charge is 0.251 e. The number of amides is 1. The highest BCUT2D eigenvalue weighted by Crippen LogP contribution is 2.20. The minimum Gasteiger partial charge on any atom is -0.383 e. The summed E-state index contributed by atoms with van der Waals surface area (Å²) in [6.45, 7) is 3.44. The fraction of sp³-hybridized carbons (Fsp3) is 0.389. The standard InChI is InChI=1S/C18H24N4O2/c1-4-16(21-18(23)14-5-8-19-9-6-14)15-7-10-20-17(13-15)22(2)11-12-24-3/h5-10,13,16H,4,11-12H2,1-3H3,(H,21,23)/t16-/m0/s1. The number of anilines is 1. The van der Waals surface area contributed by atoms with E-state index in [1.807, 2.05) is 31.0 Å². The summed E-state index contributed by atoms with van der Waals surface area (Å²) in [7, 11) is 3.65. The van der Waals surface area contributed by atoms with Crippen LogP contribution >= 0.6 is 0 Å². The first kappa shape index (κ1) is 17.9. The molecule has 2 aromatic rings. The van der Waals surface area contributed by atoms with Crippen molar-refractivity contribution >= 4 is 11.7 Å². The zero-order valence-corrected chi connectivity index (χ0v) is 14.4. The largest absolute Gasteiger partial charge is 0.383 e. The first-order valence-electron chi connectivity index (χ1n) is 8.02. The molecular formula is C18H24N4O2. The molecule has 0 saturated heterocycles. The molecule has 0 spiro atoms. The van der Waals surface area contributed by atoms with Gasteiger partial charge in [-0.1, -0.05) is 6.92 Å². The molecule has 0 aliphatic heterocycles. The second-order valence-corrected chi connectivity index (χ2v) is 5.53. The van der Waals surface area contributed by atoms with Crippen LogP contribution in [0, 0.1) is 0 Å². The van der Waals surface area contributed by atoms with Crippen molar-refractivity contribution in [3.8, 4) is 0 Å². The molecule has 2 rings (SSSR count). The van der Waals surface area contributed by atoms with Crippen LogP contribution in [0.1, 0.15) is 35.3 Å². The maximum atomic E-state index is 12.4. The van der Waals surface area contributed by atoms with Gasteiger partial charge in [-0.15, -0.1) is 0 Å². The quantitative estimate of drug-likeness (QED) is 0.806. The Labute approximate surface area is 142 Å². The lowest BCUT2D eigenvalue weighted by atomic mass is 10.0. The van der Waals surface area contributed by atoms with Crippen molar-refractivity contribution in [1.82, 2.24) is 15.3 Å². The number of carbonyl (C=O) groups is 1. The SMILES string of the molecule is CC[C@H](NC(=O)c1ccncc1)c1ccnc(N(C)CCOC)c1. The van der Waals surface area contributed by atoms with Gasteiger partial charge in [-0.3, -0.25) is 9.78 Å². The first-order chi connectivity index (χ1) is 11.7. The van der Waals surface area contributed by atoms with Crippen LogP contribution in [0.5, 0.6) is 0 Å². The number of rotatable bonds is 8. The van der Waals surface area contributed by atoms with Crippen molar-refractivity contribution in [3.63, 3.8) is 0 Å². The minimum absolute atomic E-state index is 0.0664. The van der Waals surface area contributed by atoms with Crippen molar-refractivity contribution < 1.29 is 9.53 Å². The van der Waals surface area contributed by atoms with Gasteiger partial charge in [0.2, 0.25) is 0 Å². The monoisotopic (exact) mass is 328 g/mol. The number of hydrogen-bond donors (Lipinski definition) is 1. The predicted octanol–water partition coefficient (Wildman–Crippen LogP) is 2.44. The summed E-state index contributed by atoms with van der Waals surface area (Å²) in [6.07, 6.45) is 5.80. The summed E-state index contributed by atoms with van der Waals surface area (Å²) in [5.41, 5.74) is 1.64. The first-order valence-corrected chi connectivity index (χ1v) is 8.02. The lowest BCUT2D eigenvalue weighted by Crippen LogP contribution is -2.28. The van der Waals surface area contributed by atoms with Crippen LogP contribution in [0.15, 0.2) is 42.9 Å². The van der Waals surface area contributed by atoms with Crippen LogP contribution in [0.25, 0.3) is 0 Å². The molecule has 2 aromatic heterocycles. The molecule has 2 heterocycles. The molecule has 0 aliphatic rings. The third-order valence-corrected chi connectivity index (χ3v) is 3.85. The molecule has 0 unspecified atom stereocenters. The molecule has 0 aliphatic carbocycles. The number of likely N-dealkylation sites (N-methyl/N-ethyl adjacent to an activating group) is 1. The predicted molar refractivity (Wildman–Crippen MR) is 94.1 cm³/mol. The van der Waals surface area contributed by atoms with E-state index in [0.29, 0.717) is 12.2 Å². The normalized spacial score (nSPS) is 11.8. The molecule has 24 heavy (non-hydrogen) atoms. The van der Waals surface area contributed by atoms with Gasteiger partial charge in [-0.25, -0.2) is 4.98 Å². The van der Waals surface area contributed by atoms with Crippen molar-refractivity contribution in [2.75, 3.05) is 32.2 Å². The second kappa shape index (κ2) is 8.98. The number of hydrogen-bond acceptors (Lipinski definition) is 5. The van der Waals surface area contributed by atoms with E-state index in [4.69, 9.17) is 4.74 Å². The Morgan fingerprint density at radius 3 is 2.71 bits per heavy atom. The van der Waals surface area contributed by atoms with Gasteiger partial charge in [0.1, 0.15) is 5.82 Å². The number of nitrogens with one attached hydrogen (secondary N) is 1. The summed E-state index contributed by atoms with van der Waals surface area (Å²) in [5, 5.41) is 3.07. The van der Waals surface area contributed by atoms with Crippen molar-refractivity contribution in [3.05, 3.63) is 54.0 Å². The number of aromatic nitrogens is 2. The van der Waals surface area contributed by atoms with Gasteiger partial charge in [0.25, 0.3) is 5.91 Å². The molecule has 6 heteroatoms. The Bertz CT molecular complexity index is 648. The zero-order chi connectivity index (χ0) is 17.4. The highest BCUT2D eigenvalue weighted by Gasteiger charge is 2.15. The summed E-state index contributed by atoms with van der Waals surface area (Å²) in [5.74, 6) is 0.761. The molecule has 0 radical (unpaired) electrons. The van der Waals surface area contributed by atoms with Gasteiger partial charge in [0.05, 0.1) is 12.6 Å². The molecule has 128 valence electrons. The Morgan fingerprint density at radius 2 is 2.04 bits per heavy atom. The van der Waals surface area contributed by atoms with E-state index < -0.39 is 0 Å². The van der Waals surface area contributed by atoms with Crippen molar-refractivity contribution in [2.45, 2.75) is 19.4 Å². The van der Waals surface area contributed by atoms with Crippen LogP contribution in [0.4, 0.5) is 5.82 Å². The average molecular weight is 328 g/mol. The fourth-order valence-corrected chi connectivity index (χ4v) is 2.37. The molecule has 1 amide bonds. The molecule has 1 atom stereocenters.